The first-order chi connectivity index (χ1) is 6.83. The van der Waals surface area contributed by atoms with Gasteiger partial charge >= 0.3 is 0 Å². The molecule has 0 amide bonds. The molecule has 1 N–H and O–H groups in total. The molecule has 2 rings (SSSR count). The molecule has 1 aliphatic heterocycles. The number of benzene rings is 1. The Labute approximate surface area is 89.5 Å². The van der Waals surface area contributed by atoms with Gasteiger partial charge in [-0.15, -0.1) is 11.8 Å². The van der Waals surface area contributed by atoms with Crippen LogP contribution in [0.25, 0.3) is 0 Å². The first kappa shape index (κ1) is 10.1. The molecule has 2 atom stereocenters. The first-order valence-corrected chi connectivity index (χ1v) is 6.21. The maximum Gasteiger partial charge on any atom is 0.0617 e. The fourth-order valence-electron chi connectivity index (χ4n) is 2.00. The zero-order valence-corrected chi connectivity index (χ0v) is 9.26. The predicted molar refractivity (Wildman–Crippen MR) is 60.8 cm³/mol. The Morgan fingerprint density at radius 2 is 2.29 bits per heavy atom. The second-order valence-electron chi connectivity index (χ2n) is 3.81. The number of rotatable bonds is 3. The highest BCUT2D eigenvalue weighted by molar-refractivity contribution is 7.99. The monoisotopic (exact) mass is 208 g/mol. The summed E-state index contributed by atoms with van der Waals surface area (Å²) in [5, 5.41) is 9.98. The van der Waals surface area contributed by atoms with Crippen molar-refractivity contribution in [1.82, 2.24) is 0 Å². The van der Waals surface area contributed by atoms with Crippen molar-refractivity contribution in [1.29, 1.82) is 0 Å². The molecule has 0 bridgehead atoms. The van der Waals surface area contributed by atoms with E-state index in [-0.39, 0.29) is 6.10 Å². The zero-order chi connectivity index (χ0) is 9.97. The fourth-order valence-corrected chi connectivity index (χ4v) is 3.32. The average molecular weight is 208 g/mol. The topological polar surface area (TPSA) is 20.2 Å². The smallest absolute Gasteiger partial charge is 0.0617 e. The number of hydrogen-bond donors (Lipinski definition) is 1. The SMILES string of the molecule is CCCC(O)C1CSc2ccccc21. The van der Waals surface area contributed by atoms with Crippen LogP contribution in [0.4, 0.5) is 0 Å². The summed E-state index contributed by atoms with van der Waals surface area (Å²) in [6.45, 7) is 2.12. The maximum absolute atomic E-state index is 9.98. The van der Waals surface area contributed by atoms with Crippen molar-refractivity contribution in [2.45, 2.75) is 36.7 Å². The quantitative estimate of drug-likeness (QED) is 0.824. The van der Waals surface area contributed by atoms with E-state index in [1.54, 1.807) is 0 Å². The molecular formula is C12H16OS. The largest absolute Gasteiger partial charge is 0.392 e. The van der Waals surface area contributed by atoms with Gasteiger partial charge in [0.25, 0.3) is 0 Å². The van der Waals surface area contributed by atoms with E-state index in [9.17, 15) is 5.11 Å². The molecule has 0 saturated carbocycles. The fraction of sp³-hybridized carbons (Fsp3) is 0.500. The number of thioether (sulfide) groups is 1. The van der Waals surface area contributed by atoms with Gasteiger partial charge in [-0.25, -0.2) is 0 Å². The molecule has 1 nitrogen and oxygen atoms in total. The molecule has 1 heterocycles. The second kappa shape index (κ2) is 4.37. The third-order valence-corrected chi connectivity index (χ3v) is 3.99. The van der Waals surface area contributed by atoms with Gasteiger partial charge in [-0.1, -0.05) is 31.5 Å². The number of aliphatic hydroxyl groups excluding tert-OH is 1. The summed E-state index contributed by atoms with van der Waals surface area (Å²) in [4.78, 5) is 1.35. The van der Waals surface area contributed by atoms with E-state index >= 15 is 0 Å². The average Bonchev–Trinajstić information content (AvgIpc) is 2.61. The number of hydrogen-bond acceptors (Lipinski definition) is 2. The van der Waals surface area contributed by atoms with Crippen LogP contribution in [0.3, 0.4) is 0 Å². The molecule has 1 aliphatic rings. The molecule has 1 aromatic carbocycles. The minimum absolute atomic E-state index is 0.156. The Bertz CT molecular complexity index is 311. The minimum atomic E-state index is -0.156. The highest BCUT2D eigenvalue weighted by Crippen LogP contribution is 2.41. The van der Waals surface area contributed by atoms with Gasteiger partial charge in [0.1, 0.15) is 0 Å². The van der Waals surface area contributed by atoms with Crippen LogP contribution in [-0.2, 0) is 0 Å². The maximum atomic E-state index is 9.98. The van der Waals surface area contributed by atoms with E-state index < -0.39 is 0 Å². The van der Waals surface area contributed by atoms with Gasteiger partial charge < -0.3 is 5.11 Å². The van der Waals surface area contributed by atoms with Crippen molar-refractivity contribution < 1.29 is 5.11 Å². The summed E-state index contributed by atoms with van der Waals surface area (Å²) in [6.07, 6.45) is 1.82. The van der Waals surface area contributed by atoms with Crippen LogP contribution in [0.2, 0.25) is 0 Å². The number of aliphatic hydroxyl groups is 1. The van der Waals surface area contributed by atoms with Crippen molar-refractivity contribution >= 4 is 11.8 Å². The summed E-state index contributed by atoms with van der Waals surface area (Å²) in [6, 6.07) is 8.44. The van der Waals surface area contributed by atoms with Gasteiger partial charge in [-0.3, -0.25) is 0 Å². The van der Waals surface area contributed by atoms with E-state index in [0.717, 1.165) is 18.6 Å². The summed E-state index contributed by atoms with van der Waals surface area (Å²) in [5.41, 5.74) is 1.35. The lowest BCUT2D eigenvalue weighted by Gasteiger charge is -2.17. The van der Waals surface area contributed by atoms with E-state index in [2.05, 4.69) is 31.2 Å². The van der Waals surface area contributed by atoms with E-state index in [1.807, 2.05) is 11.8 Å². The van der Waals surface area contributed by atoms with E-state index in [1.165, 1.54) is 10.5 Å². The van der Waals surface area contributed by atoms with Gasteiger partial charge in [0.15, 0.2) is 0 Å². The Kier molecular flexibility index (Phi) is 3.14. The molecular weight excluding hydrogens is 192 g/mol. The van der Waals surface area contributed by atoms with Gasteiger partial charge in [0.2, 0.25) is 0 Å². The lowest BCUT2D eigenvalue weighted by molar-refractivity contribution is 0.141. The van der Waals surface area contributed by atoms with Gasteiger partial charge in [0.05, 0.1) is 6.10 Å². The van der Waals surface area contributed by atoms with Crippen LogP contribution in [0.1, 0.15) is 31.2 Å². The van der Waals surface area contributed by atoms with Gasteiger partial charge in [0, 0.05) is 16.6 Å². The lowest BCUT2D eigenvalue weighted by Crippen LogP contribution is -2.17. The molecule has 0 saturated heterocycles. The van der Waals surface area contributed by atoms with Crippen LogP contribution in [-0.4, -0.2) is 17.0 Å². The normalized spacial score (nSPS) is 22.0. The molecule has 0 aliphatic carbocycles. The summed E-state index contributed by atoms with van der Waals surface area (Å²) >= 11 is 1.87. The highest BCUT2D eigenvalue weighted by Gasteiger charge is 2.28. The Hall–Kier alpha value is -0.470. The van der Waals surface area contributed by atoms with Gasteiger partial charge in [-0.05, 0) is 18.1 Å². The minimum Gasteiger partial charge on any atom is -0.392 e. The van der Waals surface area contributed by atoms with E-state index in [0.29, 0.717) is 5.92 Å². The summed E-state index contributed by atoms with van der Waals surface area (Å²) in [5.74, 6) is 1.40. The van der Waals surface area contributed by atoms with Crippen molar-refractivity contribution in [3.8, 4) is 0 Å². The van der Waals surface area contributed by atoms with Crippen LogP contribution in [0.15, 0.2) is 29.2 Å². The van der Waals surface area contributed by atoms with E-state index in [4.69, 9.17) is 0 Å². The van der Waals surface area contributed by atoms with Crippen molar-refractivity contribution in [3.63, 3.8) is 0 Å². The molecule has 0 fully saturated rings. The van der Waals surface area contributed by atoms with Gasteiger partial charge in [-0.2, -0.15) is 0 Å². The molecule has 1 aromatic rings. The van der Waals surface area contributed by atoms with Crippen LogP contribution >= 0.6 is 11.8 Å². The zero-order valence-electron chi connectivity index (χ0n) is 8.44. The molecule has 0 spiro atoms. The van der Waals surface area contributed by atoms with Crippen LogP contribution in [0, 0.1) is 0 Å². The Balaban J connectivity index is 2.17. The Morgan fingerprint density at radius 3 is 3.07 bits per heavy atom. The second-order valence-corrected chi connectivity index (χ2v) is 4.87. The molecule has 14 heavy (non-hydrogen) atoms. The molecule has 76 valence electrons. The standard InChI is InChI=1S/C12H16OS/c1-2-5-11(13)10-8-14-12-7-4-3-6-9(10)12/h3-4,6-7,10-11,13H,2,5,8H2,1H3. The summed E-state index contributed by atoms with van der Waals surface area (Å²) < 4.78 is 0. The van der Waals surface area contributed by atoms with Crippen molar-refractivity contribution in [3.05, 3.63) is 29.8 Å². The summed E-state index contributed by atoms with van der Waals surface area (Å²) in [7, 11) is 0. The van der Waals surface area contributed by atoms with Crippen LogP contribution in [0.5, 0.6) is 0 Å². The molecule has 0 radical (unpaired) electrons. The molecule has 2 heteroatoms. The number of fused-ring (bicyclic) bond motifs is 1. The first-order valence-electron chi connectivity index (χ1n) is 5.22. The predicted octanol–water partition coefficient (Wildman–Crippen LogP) is 3.04. The third-order valence-electron chi connectivity index (χ3n) is 2.79. The van der Waals surface area contributed by atoms with Crippen molar-refractivity contribution in [2.24, 2.45) is 0 Å². The third kappa shape index (κ3) is 1.82. The molecule has 2 unspecified atom stereocenters. The lowest BCUT2D eigenvalue weighted by atomic mass is 9.93. The van der Waals surface area contributed by atoms with Crippen molar-refractivity contribution in [2.75, 3.05) is 5.75 Å². The molecule has 0 aromatic heterocycles. The Morgan fingerprint density at radius 1 is 1.50 bits per heavy atom. The highest BCUT2D eigenvalue weighted by atomic mass is 32.2. The van der Waals surface area contributed by atoms with Crippen LogP contribution < -0.4 is 0 Å².